The van der Waals surface area contributed by atoms with Crippen LogP contribution in [-0.2, 0) is 9.31 Å². The molecule has 2 rings (SSSR count). The summed E-state index contributed by atoms with van der Waals surface area (Å²) in [5.41, 5.74) is 0.202. The Labute approximate surface area is 120 Å². The second-order valence-electron chi connectivity index (χ2n) is 6.29. The summed E-state index contributed by atoms with van der Waals surface area (Å²) in [5.74, 6) is 0.728. The van der Waals surface area contributed by atoms with Gasteiger partial charge in [0.05, 0.1) is 17.3 Å². The molecule has 0 radical (unpaired) electrons. The molecule has 2 N–H and O–H groups in total. The van der Waals surface area contributed by atoms with Crippen molar-refractivity contribution in [2.45, 2.75) is 51.9 Å². The first-order valence-corrected chi connectivity index (χ1v) is 6.95. The number of hydrogen-bond donors (Lipinski definition) is 2. The number of nitrogens with zero attached hydrogens (tertiary/aromatic N) is 1. The zero-order chi connectivity index (χ0) is 15.0. The van der Waals surface area contributed by atoms with Gasteiger partial charge in [-0.05, 0) is 40.7 Å². The number of aliphatic hydroxyl groups excluding tert-OH is 1. The minimum Gasteiger partial charge on any atom is -0.399 e. The first-order chi connectivity index (χ1) is 9.21. The Bertz CT molecular complexity index is 444. The maximum Gasteiger partial charge on any atom is 0.496 e. The Hall–Kier alpha value is -1.11. The molecule has 1 aromatic rings. The lowest BCUT2D eigenvalue weighted by Crippen LogP contribution is -2.41. The SMILES string of the molecule is C[C@H](O)CNc1ccc(B2OC(C)(C)C(C)(C)O2)cn1. The molecule has 0 amide bonds. The van der Waals surface area contributed by atoms with Gasteiger partial charge in [0.2, 0.25) is 0 Å². The van der Waals surface area contributed by atoms with Crippen molar-refractivity contribution in [2.75, 3.05) is 11.9 Å². The molecule has 0 aromatic carbocycles. The van der Waals surface area contributed by atoms with Crippen LogP contribution in [0.2, 0.25) is 0 Å². The highest BCUT2D eigenvalue weighted by molar-refractivity contribution is 6.62. The van der Waals surface area contributed by atoms with Crippen LogP contribution in [0.25, 0.3) is 0 Å². The van der Waals surface area contributed by atoms with Gasteiger partial charge in [-0.3, -0.25) is 0 Å². The third kappa shape index (κ3) is 3.14. The van der Waals surface area contributed by atoms with Gasteiger partial charge in [0, 0.05) is 18.2 Å². The van der Waals surface area contributed by atoms with Crippen molar-refractivity contribution in [3.05, 3.63) is 18.3 Å². The lowest BCUT2D eigenvalue weighted by Gasteiger charge is -2.32. The van der Waals surface area contributed by atoms with Crippen LogP contribution in [0.4, 0.5) is 5.82 Å². The van der Waals surface area contributed by atoms with E-state index in [9.17, 15) is 5.11 Å². The fraction of sp³-hybridized carbons (Fsp3) is 0.643. The van der Waals surface area contributed by atoms with Crippen LogP contribution in [0.3, 0.4) is 0 Å². The zero-order valence-corrected chi connectivity index (χ0v) is 12.8. The normalized spacial score (nSPS) is 21.8. The number of nitrogens with one attached hydrogen (secondary N) is 1. The van der Waals surface area contributed by atoms with Crippen molar-refractivity contribution in [1.82, 2.24) is 4.98 Å². The maximum atomic E-state index is 9.23. The Morgan fingerprint density at radius 1 is 1.25 bits per heavy atom. The summed E-state index contributed by atoms with van der Waals surface area (Å²) in [6.07, 6.45) is 1.34. The highest BCUT2D eigenvalue weighted by Gasteiger charge is 2.51. The molecular formula is C14H23BN2O3. The van der Waals surface area contributed by atoms with Crippen LogP contribution < -0.4 is 10.8 Å². The van der Waals surface area contributed by atoms with Crippen molar-refractivity contribution in [2.24, 2.45) is 0 Å². The Morgan fingerprint density at radius 3 is 2.30 bits per heavy atom. The minimum absolute atomic E-state index is 0.346. The van der Waals surface area contributed by atoms with E-state index in [0.717, 1.165) is 11.3 Å². The summed E-state index contributed by atoms with van der Waals surface area (Å²) in [7, 11) is -0.390. The molecule has 6 heteroatoms. The van der Waals surface area contributed by atoms with E-state index in [1.165, 1.54) is 0 Å². The van der Waals surface area contributed by atoms with Gasteiger partial charge in [0.25, 0.3) is 0 Å². The number of rotatable bonds is 4. The number of hydrogen-bond acceptors (Lipinski definition) is 5. The van der Waals surface area contributed by atoms with Crippen LogP contribution >= 0.6 is 0 Å². The topological polar surface area (TPSA) is 63.6 Å². The molecule has 1 fully saturated rings. The first kappa shape index (κ1) is 15.3. The largest absolute Gasteiger partial charge is 0.496 e. The number of aromatic nitrogens is 1. The molecule has 5 nitrogen and oxygen atoms in total. The van der Waals surface area contributed by atoms with Gasteiger partial charge in [-0.25, -0.2) is 4.98 Å². The molecule has 0 saturated carbocycles. The van der Waals surface area contributed by atoms with E-state index in [1.54, 1.807) is 13.1 Å². The zero-order valence-electron chi connectivity index (χ0n) is 12.8. The number of anilines is 1. The lowest BCUT2D eigenvalue weighted by molar-refractivity contribution is 0.00578. The van der Waals surface area contributed by atoms with Crippen LogP contribution in [0.15, 0.2) is 18.3 Å². The lowest BCUT2D eigenvalue weighted by atomic mass is 9.80. The molecule has 2 heterocycles. The van der Waals surface area contributed by atoms with E-state index in [2.05, 4.69) is 10.3 Å². The molecule has 0 aliphatic carbocycles. The predicted octanol–water partition coefficient (Wildman–Crippen LogP) is 1.17. The fourth-order valence-electron chi connectivity index (χ4n) is 1.88. The fourth-order valence-corrected chi connectivity index (χ4v) is 1.88. The smallest absolute Gasteiger partial charge is 0.399 e. The van der Waals surface area contributed by atoms with E-state index in [0.29, 0.717) is 6.54 Å². The highest BCUT2D eigenvalue weighted by Crippen LogP contribution is 2.36. The second kappa shape index (κ2) is 5.35. The third-order valence-electron chi connectivity index (χ3n) is 3.89. The van der Waals surface area contributed by atoms with E-state index in [4.69, 9.17) is 9.31 Å². The molecule has 1 aromatic heterocycles. The van der Waals surface area contributed by atoms with Crippen LogP contribution in [0.5, 0.6) is 0 Å². The molecule has 1 aliphatic heterocycles. The van der Waals surface area contributed by atoms with Gasteiger partial charge >= 0.3 is 7.12 Å². The monoisotopic (exact) mass is 278 g/mol. The third-order valence-corrected chi connectivity index (χ3v) is 3.89. The van der Waals surface area contributed by atoms with Crippen molar-refractivity contribution < 1.29 is 14.4 Å². The quantitative estimate of drug-likeness (QED) is 0.810. The van der Waals surface area contributed by atoms with Gasteiger partial charge in [-0.2, -0.15) is 0 Å². The van der Waals surface area contributed by atoms with Crippen molar-refractivity contribution in [3.8, 4) is 0 Å². The average Bonchev–Trinajstić information content (AvgIpc) is 2.56. The summed E-state index contributed by atoms with van der Waals surface area (Å²) < 4.78 is 11.9. The Morgan fingerprint density at radius 2 is 1.85 bits per heavy atom. The van der Waals surface area contributed by atoms with Gasteiger partial charge in [-0.15, -0.1) is 0 Å². The van der Waals surface area contributed by atoms with Gasteiger partial charge < -0.3 is 19.7 Å². The molecule has 1 atom stereocenters. The Kier molecular flexibility index (Phi) is 4.09. The summed E-state index contributed by atoms with van der Waals surface area (Å²) >= 11 is 0. The van der Waals surface area contributed by atoms with E-state index in [-0.39, 0.29) is 11.2 Å². The van der Waals surface area contributed by atoms with Crippen LogP contribution in [-0.4, -0.2) is 41.1 Å². The van der Waals surface area contributed by atoms with Gasteiger partial charge in [0.1, 0.15) is 5.82 Å². The van der Waals surface area contributed by atoms with E-state index >= 15 is 0 Å². The average molecular weight is 278 g/mol. The van der Waals surface area contributed by atoms with Gasteiger partial charge in [0.15, 0.2) is 0 Å². The number of pyridine rings is 1. The van der Waals surface area contributed by atoms with Crippen molar-refractivity contribution >= 4 is 18.4 Å². The van der Waals surface area contributed by atoms with Crippen LogP contribution in [0.1, 0.15) is 34.6 Å². The summed E-state index contributed by atoms with van der Waals surface area (Å²) in [4.78, 5) is 4.31. The standard InChI is InChI=1S/C14H23BN2O3/c1-10(18)8-16-12-7-6-11(9-17-12)15-19-13(2,3)14(4,5)20-15/h6-7,9-10,18H,8H2,1-5H3,(H,16,17)/t10-/m0/s1. The van der Waals surface area contributed by atoms with E-state index in [1.807, 2.05) is 39.8 Å². The van der Waals surface area contributed by atoms with Gasteiger partial charge in [-0.1, -0.05) is 6.07 Å². The molecule has 20 heavy (non-hydrogen) atoms. The molecule has 0 unspecified atom stereocenters. The molecule has 0 spiro atoms. The highest BCUT2D eigenvalue weighted by atomic mass is 16.7. The van der Waals surface area contributed by atoms with Crippen molar-refractivity contribution in [3.63, 3.8) is 0 Å². The molecule has 110 valence electrons. The predicted molar refractivity (Wildman–Crippen MR) is 80.1 cm³/mol. The first-order valence-electron chi connectivity index (χ1n) is 6.95. The maximum absolute atomic E-state index is 9.23. The summed E-state index contributed by atoms with van der Waals surface area (Å²) in [6, 6.07) is 3.79. The Balaban J connectivity index is 2.05. The number of aliphatic hydroxyl groups is 1. The second-order valence-corrected chi connectivity index (χ2v) is 6.29. The summed E-state index contributed by atoms with van der Waals surface area (Å²) in [5, 5.41) is 12.3. The summed E-state index contributed by atoms with van der Waals surface area (Å²) in [6.45, 7) is 10.3. The molecular weight excluding hydrogens is 255 g/mol. The van der Waals surface area contributed by atoms with Crippen LogP contribution in [0, 0.1) is 0 Å². The minimum atomic E-state index is -0.403. The molecule has 1 saturated heterocycles. The van der Waals surface area contributed by atoms with Crippen molar-refractivity contribution in [1.29, 1.82) is 0 Å². The molecule has 0 bridgehead atoms. The van der Waals surface area contributed by atoms with E-state index < -0.39 is 13.2 Å². The molecule has 1 aliphatic rings.